The van der Waals surface area contributed by atoms with Gasteiger partial charge in [-0.15, -0.1) is 0 Å². The van der Waals surface area contributed by atoms with E-state index in [-0.39, 0.29) is 5.24 Å². The lowest BCUT2D eigenvalue weighted by molar-refractivity contribution is 0.0730. The molecular weight excluding hydrogens is 252 g/mol. The molecule has 0 heterocycles. The summed E-state index contributed by atoms with van der Waals surface area (Å²) in [5, 5.41) is 2.76. The lowest BCUT2D eigenvalue weighted by Crippen LogP contribution is -2.31. The molecule has 0 aromatic heterocycles. The quantitative estimate of drug-likeness (QED) is 0.524. The van der Waals surface area contributed by atoms with E-state index in [1.807, 2.05) is 0 Å². The fourth-order valence-electron chi connectivity index (χ4n) is 1.86. The Morgan fingerprint density at radius 1 is 1.22 bits per heavy atom. The van der Waals surface area contributed by atoms with Crippen LogP contribution >= 0.6 is 11.9 Å². The maximum Gasteiger partial charge on any atom is 0.294 e. The number of hydrogen-bond donors (Lipinski definition) is 2. The number of carbonyl (C=O) groups excluding carboxylic acids is 1. The van der Waals surface area contributed by atoms with Crippen molar-refractivity contribution in [2.75, 3.05) is 33.5 Å². The van der Waals surface area contributed by atoms with Gasteiger partial charge in [0.15, 0.2) is 0 Å². The van der Waals surface area contributed by atoms with Crippen molar-refractivity contribution < 1.29 is 14.3 Å². The molecule has 18 heavy (non-hydrogen) atoms. The lowest BCUT2D eigenvalue weighted by atomic mass is 9.96. The third-order valence-corrected chi connectivity index (χ3v) is 3.65. The molecule has 1 aliphatic rings. The number of methoxy groups -OCH3 is 1. The summed E-state index contributed by atoms with van der Waals surface area (Å²) < 4.78 is 13.3. The molecule has 0 aromatic rings. The van der Waals surface area contributed by atoms with Crippen molar-refractivity contribution in [3.05, 3.63) is 0 Å². The Bertz CT molecular complexity index is 223. The standard InChI is InChI=1S/C12H24N2O3S/c1-16-9-10-17-8-7-13-12(15)18-14-11-5-3-2-4-6-11/h11,14H,2-10H2,1H3,(H,13,15). The molecule has 0 saturated heterocycles. The van der Waals surface area contributed by atoms with Crippen molar-refractivity contribution in [1.29, 1.82) is 0 Å². The molecule has 0 bridgehead atoms. The van der Waals surface area contributed by atoms with Gasteiger partial charge in [-0.05, 0) is 12.8 Å². The van der Waals surface area contributed by atoms with Crippen LogP contribution in [0.15, 0.2) is 0 Å². The second kappa shape index (κ2) is 10.6. The Balaban J connectivity index is 1.90. The van der Waals surface area contributed by atoms with E-state index in [4.69, 9.17) is 9.47 Å². The lowest BCUT2D eigenvalue weighted by Gasteiger charge is -2.21. The van der Waals surface area contributed by atoms with Gasteiger partial charge < -0.3 is 14.8 Å². The summed E-state index contributed by atoms with van der Waals surface area (Å²) in [7, 11) is 1.64. The third-order valence-electron chi connectivity index (χ3n) is 2.87. The highest BCUT2D eigenvalue weighted by atomic mass is 32.2. The van der Waals surface area contributed by atoms with Crippen LogP contribution in [-0.4, -0.2) is 44.8 Å². The summed E-state index contributed by atoms with van der Waals surface area (Å²) in [6.45, 7) is 2.23. The summed E-state index contributed by atoms with van der Waals surface area (Å²) in [5.74, 6) is 0. The molecule has 1 fully saturated rings. The minimum absolute atomic E-state index is 0.0316. The topological polar surface area (TPSA) is 59.6 Å². The summed E-state index contributed by atoms with van der Waals surface area (Å²) in [5.41, 5.74) is 0. The van der Waals surface area contributed by atoms with E-state index < -0.39 is 0 Å². The van der Waals surface area contributed by atoms with Gasteiger partial charge in [0.25, 0.3) is 5.24 Å². The Kier molecular flexibility index (Phi) is 9.28. The van der Waals surface area contributed by atoms with Gasteiger partial charge in [0.1, 0.15) is 0 Å². The largest absolute Gasteiger partial charge is 0.382 e. The van der Waals surface area contributed by atoms with Gasteiger partial charge in [-0.2, -0.15) is 0 Å². The number of ether oxygens (including phenoxy) is 2. The average molecular weight is 276 g/mol. The van der Waals surface area contributed by atoms with Crippen LogP contribution in [-0.2, 0) is 9.47 Å². The molecule has 5 nitrogen and oxygen atoms in total. The summed E-state index contributed by atoms with van der Waals surface area (Å²) in [6.07, 6.45) is 6.23. The second-order valence-electron chi connectivity index (χ2n) is 4.37. The number of hydrogen-bond acceptors (Lipinski definition) is 5. The highest BCUT2D eigenvalue weighted by Gasteiger charge is 2.14. The average Bonchev–Trinajstić information content (AvgIpc) is 2.41. The van der Waals surface area contributed by atoms with Crippen LogP contribution in [0, 0.1) is 0 Å². The molecule has 2 N–H and O–H groups in total. The fourth-order valence-corrected chi connectivity index (χ4v) is 2.55. The van der Waals surface area contributed by atoms with Gasteiger partial charge in [0.2, 0.25) is 0 Å². The zero-order valence-corrected chi connectivity index (χ0v) is 11.9. The van der Waals surface area contributed by atoms with E-state index in [0.717, 1.165) is 0 Å². The predicted molar refractivity (Wildman–Crippen MR) is 73.7 cm³/mol. The van der Waals surface area contributed by atoms with Crippen LogP contribution in [0.5, 0.6) is 0 Å². The Morgan fingerprint density at radius 3 is 2.72 bits per heavy atom. The first kappa shape index (κ1) is 15.8. The molecule has 1 rings (SSSR count). The molecule has 0 unspecified atom stereocenters. The molecule has 0 spiro atoms. The van der Waals surface area contributed by atoms with Crippen LogP contribution in [0.1, 0.15) is 32.1 Å². The van der Waals surface area contributed by atoms with Crippen LogP contribution in [0.25, 0.3) is 0 Å². The van der Waals surface area contributed by atoms with Crippen molar-refractivity contribution in [3.63, 3.8) is 0 Å². The Hall–Kier alpha value is -0.300. The SMILES string of the molecule is COCCOCCNC(=O)SNC1CCCCC1. The summed E-state index contributed by atoms with van der Waals surface area (Å²) in [4.78, 5) is 11.5. The van der Waals surface area contributed by atoms with E-state index in [9.17, 15) is 4.79 Å². The van der Waals surface area contributed by atoms with Crippen molar-refractivity contribution >= 4 is 17.2 Å². The van der Waals surface area contributed by atoms with Gasteiger partial charge in [0, 0.05) is 31.6 Å². The first-order chi connectivity index (χ1) is 8.83. The fraction of sp³-hybridized carbons (Fsp3) is 0.917. The number of carbonyl (C=O) groups is 1. The molecule has 1 aliphatic carbocycles. The maximum absolute atomic E-state index is 11.5. The molecule has 1 amide bonds. The normalized spacial score (nSPS) is 16.7. The first-order valence-corrected chi connectivity index (χ1v) is 7.41. The highest BCUT2D eigenvalue weighted by Crippen LogP contribution is 2.19. The zero-order chi connectivity index (χ0) is 13.1. The van der Waals surface area contributed by atoms with Crippen molar-refractivity contribution in [2.24, 2.45) is 0 Å². The Morgan fingerprint density at radius 2 is 2.00 bits per heavy atom. The predicted octanol–water partition coefficient (Wildman–Crippen LogP) is 1.93. The molecule has 106 valence electrons. The minimum atomic E-state index is -0.0316. The van der Waals surface area contributed by atoms with E-state index in [1.54, 1.807) is 7.11 Å². The molecule has 0 aromatic carbocycles. The van der Waals surface area contributed by atoms with E-state index >= 15 is 0 Å². The van der Waals surface area contributed by atoms with Crippen LogP contribution in [0.4, 0.5) is 4.79 Å². The molecule has 1 saturated carbocycles. The van der Waals surface area contributed by atoms with Gasteiger partial charge in [-0.1, -0.05) is 19.3 Å². The molecule has 0 radical (unpaired) electrons. The summed E-state index contributed by atoms with van der Waals surface area (Å²) in [6, 6.07) is 0.493. The smallest absolute Gasteiger partial charge is 0.294 e. The minimum Gasteiger partial charge on any atom is -0.382 e. The monoisotopic (exact) mass is 276 g/mol. The first-order valence-electron chi connectivity index (χ1n) is 6.60. The molecule has 0 atom stereocenters. The van der Waals surface area contributed by atoms with Gasteiger partial charge in [-0.3, -0.25) is 9.52 Å². The van der Waals surface area contributed by atoms with Crippen LogP contribution in [0.3, 0.4) is 0 Å². The maximum atomic E-state index is 11.5. The third kappa shape index (κ3) is 7.92. The van der Waals surface area contributed by atoms with Gasteiger partial charge >= 0.3 is 0 Å². The summed E-state index contributed by atoms with van der Waals surface area (Å²) >= 11 is 1.17. The van der Waals surface area contributed by atoms with Crippen molar-refractivity contribution in [2.45, 2.75) is 38.1 Å². The van der Waals surface area contributed by atoms with Gasteiger partial charge in [0.05, 0.1) is 19.8 Å². The number of amides is 1. The zero-order valence-electron chi connectivity index (χ0n) is 11.1. The van der Waals surface area contributed by atoms with Crippen LogP contribution in [0.2, 0.25) is 0 Å². The number of nitrogens with one attached hydrogen (secondary N) is 2. The van der Waals surface area contributed by atoms with E-state index in [1.165, 1.54) is 44.1 Å². The van der Waals surface area contributed by atoms with Crippen LogP contribution < -0.4 is 10.0 Å². The molecular formula is C12H24N2O3S. The highest BCUT2D eigenvalue weighted by molar-refractivity contribution is 8.11. The van der Waals surface area contributed by atoms with E-state index in [0.29, 0.717) is 32.4 Å². The van der Waals surface area contributed by atoms with Gasteiger partial charge in [-0.25, -0.2) is 0 Å². The Labute approximate surface area is 113 Å². The second-order valence-corrected chi connectivity index (χ2v) is 5.18. The van der Waals surface area contributed by atoms with Crippen molar-refractivity contribution in [3.8, 4) is 0 Å². The molecule has 0 aliphatic heterocycles. The van der Waals surface area contributed by atoms with E-state index in [2.05, 4.69) is 10.0 Å². The number of rotatable bonds is 8. The van der Waals surface area contributed by atoms with Crippen molar-refractivity contribution in [1.82, 2.24) is 10.0 Å². The molecule has 6 heteroatoms.